The van der Waals surface area contributed by atoms with Gasteiger partial charge in [-0.1, -0.05) is 18.2 Å². The lowest BCUT2D eigenvalue weighted by atomic mass is 10.0. The number of aromatic nitrogens is 4. The van der Waals surface area contributed by atoms with E-state index in [0.29, 0.717) is 24.6 Å². The number of hydrogen-bond donors (Lipinski definition) is 3. The Labute approximate surface area is 157 Å². The lowest BCUT2D eigenvalue weighted by Crippen LogP contribution is -2.32. The molecule has 4 N–H and O–H groups in total. The summed E-state index contributed by atoms with van der Waals surface area (Å²) in [5.41, 5.74) is 8.18. The van der Waals surface area contributed by atoms with Gasteiger partial charge in [-0.25, -0.2) is 9.67 Å². The van der Waals surface area contributed by atoms with Gasteiger partial charge in [0.1, 0.15) is 0 Å². The molecule has 1 atom stereocenters. The number of rotatable bonds is 7. The van der Waals surface area contributed by atoms with Gasteiger partial charge in [0.25, 0.3) is 0 Å². The lowest BCUT2D eigenvalue weighted by Gasteiger charge is -2.13. The molecule has 142 valence electrons. The van der Waals surface area contributed by atoms with Crippen molar-refractivity contribution in [1.82, 2.24) is 25.1 Å². The lowest BCUT2D eigenvalue weighted by molar-refractivity contribution is -0.119. The first kappa shape index (κ1) is 18.6. The minimum absolute atomic E-state index is 0.00213. The maximum absolute atomic E-state index is 11.4. The number of H-pyrrole nitrogens is 1. The number of fused-ring (bicyclic) bond motifs is 1. The van der Waals surface area contributed by atoms with Crippen molar-refractivity contribution in [3.63, 3.8) is 0 Å². The number of nitrogens with one attached hydrogen (secondary N) is 2. The summed E-state index contributed by atoms with van der Waals surface area (Å²) in [6.45, 7) is 6.05. The van der Waals surface area contributed by atoms with Crippen LogP contribution in [-0.2, 0) is 29.0 Å². The average Bonchev–Trinajstić information content (AvgIpc) is 3.15. The van der Waals surface area contributed by atoms with Crippen LogP contribution in [0.1, 0.15) is 32.2 Å². The maximum atomic E-state index is 11.4. The topological polar surface area (TPSA) is 119 Å². The van der Waals surface area contributed by atoms with E-state index in [4.69, 9.17) is 5.73 Å². The molecule has 0 aliphatic heterocycles. The molecule has 2 aromatic heterocycles. The summed E-state index contributed by atoms with van der Waals surface area (Å²) in [4.78, 5) is 30.6. The van der Waals surface area contributed by atoms with Crippen molar-refractivity contribution < 1.29 is 9.59 Å². The highest BCUT2D eigenvalue weighted by Gasteiger charge is 2.21. The van der Waals surface area contributed by atoms with Crippen molar-refractivity contribution in [2.24, 2.45) is 5.73 Å². The Morgan fingerprint density at radius 2 is 2.07 bits per heavy atom. The zero-order valence-corrected chi connectivity index (χ0v) is 15.7. The van der Waals surface area contributed by atoms with Gasteiger partial charge in [-0.3, -0.25) is 9.59 Å². The third-order valence-electron chi connectivity index (χ3n) is 4.34. The van der Waals surface area contributed by atoms with Crippen LogP contribution in [0, 0.1) is 0 Å². The van der Waals surface area contributed by atoms with Crippen LogP contribution in [0.2, 0.25) is 0 Å². The molecule has 8 heteroatoms. The number of nitrogens with zero attached hydrogens (tertiary/aromatic N) is 3. The third kappa shape index (κ3) is 3.99. The molecule has 0 saturated carbocycles. The Hall–Kier alpha value is -3.16. The van der Waals surface area contributed by atoms with Gasteiger partial charge in [0.15, 0.2) is 11.6 Å². The van der Waals surface area contributed by atoms with Gasteiger partial charge < -0.3 is 16.0 Å². The van der Waals surface area contributed by atoms with Crippen molar-refractivity contribution >= 4 is 22.7 Å². The van der Waals surface area contributed by atoms with E-state index in [1.165, 1.54) is 6.92 Å². The summed E-state index contributed by atoms with van der Waals surface area (Å²) in [6, 6.07) is 7.95. The van der Waals surface area contributed by atoms with E-state index in [9.17, 15) is 9.59 Å². The molecule has 0 aliphatic rings. The van der Waals surface area contributed by atoms with E-state index in [2.05, 4.69) is 20.4 Å². The number of benzene rings is 1. The standard InChI is InChI=1S/C19H24N6O2/c1-4-25-19(23-17(24-25)10-16(20)27)18-14(9-11(2)21-12(3)26)13-7-5-6-8-15(13)22-18/h5-8,11,22H,4,9-10H2,1-3H3,(H2,20,27)(H,21,26). The quantitative estimate of drug-likeness (QED) is 0.586. The van der Waals surface area contributed by atoms with Gasteiger partial charge >= 0.3 is 0 Å². The zero-order valence-electron chi connectivity index (χ0n) is 15.7. The number of carbonyl (C=O) groups excluding carboxylic acids is 2. The van der Waals surface area contributed by atoms with Crippen LogP contribution in [0.5, 0.6) is 0 Å². The Balaban J connectivity index is 2.11. The maximum Gasteiger partial charge on any atom is 0.225 e. The van der Waals surface area contributed by atoms with Crippen molar-refractivity contribution in [3.8, 4) is 11.5 Å². The van der Waals surface area contributed by atoms with Gasteiger partial charge in [0, 0.05) is 30.4 Å². The van der Waals surface area contributed by atoms with Gasteiger partial charge in [0.05, 0.1) is 12.1 Å². The molecule has 1 aromatic carbocycles. The molecule has 0 radical (unpaired) electrons. The molecule has 8 nitrogen and oxygen atoms in total. The normalized spacial score (nSPS) is 12.3. The zero-order chi connectivity index (χ0) is 19.6. The number of amides is 2. The van der Waals surface area contributed by atoms with Crippen LogP contribution in [0.4, 0.5) is 0 Å². The Bertz CT molecular complexity index is 987. The molecule has 0 spiro atoms. The Morgan fingerprint density at radius 1 is 1.33 bits per heavy atom. The number of aryl methyl sites for hydroxylation is 1. The van der Waals surface area contributed by atoms with E-state index in [-0.39, 0.29) is 18.4 Å². The summed E-state index contributed by atoms with van der Waals surface area (Å²) in [7, 11) is 0. The van der Waals surface area contributed by atoms with Crippen LogP contribution >= 0.6 is 0 Å². The SMILES string of the molecule is CCn1nc(CC(N)=O)nc1-c1[nH]c2ccccc2c1CC(C)NC(C)=O. The third-order valence-corrected chi connectivity index (χ3v) is 4.34. The molecule has 0 fully saturated rings. The van der Waals surface area contributed by atoms with Gasteiger partial charge in [-0.15, -0.1) is 0 Å². The van der Waals surface area contributed by atoms with E-state index in [0.717, 1.165) is 22.2 Å². The molecule has 3 aromatic rings. The van der Waals surface area contributed by atoms with Gasteiger partial charge in [-0.2, -0.15) is 5.10 Å². The summed E-state index contributed by atoms with van der Waals surface area (Å²) in [6.07, 6.45) is 0.637. The molecule has 1 unspecified atom stereocenters. The second kappa shape index (κ2) is 7.61. The molecule has 3 rings (SSSR count). The van der Waals surface area contributed by atoms with E-state index < -0.39 is 5.91 Å². The average molecular weight is 368 g/mol. The number of aromatic amines is 1. The van der Waals surface area contributed by atoms with Crippen LogP contribution in [0.3, 0.4) is 0 Å². The van der Waals surface area contributed by atoms with E-state index in [1.54, 1.807) is 4.68 Å². The number of para-hydroxylation sites is 1. The minimum atomic E-state index is -0.467. The highest BCUT2D eigenvalue weighted by Crippen LogP contribution is 2.30. The number of carbonyl (C=O) groups is 2. The largest absolute Gasteiger partial charge is 0.369 e. The predicted octanol–water partition coefficient (Wildman–Crippen LogP) is 1.54. The van der Waals surface area contributed by atoms with Crippen LogP contribution < -0.4 is 11.1 Å². The number of primary amides is 1. The van der Waals surface area contributed by atoms with E-state index >= 15 is 0 Å². The second-order valence-electron chi connectivity index (χ2n) is 6.64. The fraction of sp³-hybridized carbons (Fsp3) is 0.368. The molecular formula is C19H24N6O2. The fourth-order valence-corrected chi connectivity index (χ4v) is 3.33. The summed E-state index contributed by atoms with van der Waals surface area (Å²) in [5, 5.41) is 8.40. The first-order valence-electron chi connectivity index (χ1n) is 8.98. The number of hydrogen-bond acceptors (Lipinski definition) is 4. The summed E-state index contributed by atoms with van der Waals surface area (Å²) < 4.78 is 1.76. The molecule has 2 amide bonds. The smallest absolute Gasteiger partial charge is 0.225 e. The van der Waals surface area contributed by atoms with E-state index in [1.807, 2.05) is 38.1 Å². The van der Waals surface area contributed by atoms with Crippen molar-refractivity contribution in [2.75, 3.05) is 0 Å². The first-order valence-corrected chi connectivity index (χ1v) is 8.98. The van der Waals surface area contributed by atoms with Gasteiger partial charge in [0.2, 0.25) is 11.8 Å². The second-order valence-corrected chi connectivity index (χ2v) is 6.64. The molecule has 2 heterocycles. The Kier molecular flexibility index (Phi) is 5.25. The molecule has 0 aliphatic carbocycles. The van der Waals surface area contributed by atoms with Crippen molar-refractivity contribution in [2.45, 2.75) is 46.2 Å². The van der Waals surface area contributed by atoms with Crippen LogP contribution in [0.25, 0.3) is 22.4 Å². The molecular weight excluding hydrogens is 344 g/mol. The summed E-state index contributed by atoms with van der Waals surface area (Å²) in [5.74, 6) is 0.532. The first-order chi connectivity index (χ1) is 12.9. The highest BCUT2D eigenvalue weighted by atomic mass is 16.1. The summed E-state index contributed by atoms with van der Waals surface area (Å²) >= 11 is 0. The van der Waals surface area contributed by atoms with Crippen molar-refractivity contribution in [3.05, 3.63) is 35.7 Å². The minimum Gasteiger partial charge on any atom is -0.369 e. The molecule has 0 bridgehead atoms. The fourth-order valence-electron chi connectivity index (χ4n) is 3.33. The van der Waals surface area contributed by atoms with Gasteiger partial charge in [-0.05, 0) is 31.9 Å². The van der Waals surface area contributed by atoms with Crippen LogP contribution in [-0.4, -0.2) is 37.6 Å². The predicted molar refractivity (Wildman–Crippen MR) is 103 cm³/mol. The van der Waals surface area contributed by atoms with Crippen LogP contribution in [0.15, 0.2) is 24.3 Å². The highest BCUT2D eigenvalue weighted by molar-refractivity contribution is 5.90. The Morgan fingerprint density at radius 3 is 2.74 bits per heavy atom. The monoisotopic (exact) mass is 368 g/mol. The molecule has 0 saturated heterocycles. The van der Waals surface area contributed by atoms with Crippen molar-refractivity contribution in [1.29, 1.82) is 0 Å². The number of nitrogens with two attached hydrogens (primary N) is 1. The molecule has 27 heavy (non-hydrogen) atoms.